The van der Waals surface area contributed by atoms with Gasteiger partial charge in [0, 0.05) is 0 Å². The smallest absolute Gasteiger partial charge is 0.381 e. The number of ether oxygens (including phenoxy) is 1. The molecule has 1 aromatic rings. The SMILES string of the molecule is C[C@H]1O[P@](=O)(Oc2ccccc2)C[C@@H]2N=C(C(Cl)(Cl)Cl)O[C@@H]21. The molecular weight excluding hydrogens is 371 g/mol. The highest BCUT2D eigenvalue weighted by Gasteiger charge is 2.51. The number of aliphatic imine (C=N–C) groups is 1. The fourth-order valence-electron chi connectivity index (χ4n) is 2.44. The lowest BCUT2D eigenvalue weighted by Gasteiger charge is -2.34. The molecule has 0 unspecified atom stereocenters. The molecule has 120 valence electrons. The van der Waals surface area contributed by atoms with Gasteiger partial charge in [-0.1, -0.05) is 53.0 Å². The average Bonchev–Trinajstić information content (AvgIpc) is 2.83. The highest BCUT2D eigenvalue weighted by molar-refractivity contribution is 7.54. The first-order chi connectivity index (χ1) is 10.3. The summed E-state index contributed by atoms with van der Waals surface area (Å²) in [6.07, 6.45) is -0.866. The maximum Gasteiger partial charge on any atom is 0.381 e. The Morgan fingerprint density at radius 3 is 2.64 bits per heavy atom. The van der Waals surface area contributed by atoms with Gasteiger partial charge in [-0.3, -0.25) is 4.52 Å². The molecule has 0 bridgehead atoms. The van der Waals surface area contributed by atoms with Gasteiger partial charge >= 0.3 is 7.60 Å². The van der Waals surface area contributed by atoms with E-state index >= 15 is 0 Å². The molecule has 2 aliphatic heterocycles. The average molecular weight is 385 g/mol. The van der Waals surface area contributed by atoms with Crippen LogP contribution in [0.4, 0.5) is 0 Å². The van der Waals surface area contributed by atoms with Gasteiger partial charge in [0.2, 0.25) is 5.90 Å². The van der Waals surface area contributed by atoms with Gasteiger partial charge in [0.25, 0.3) is 3.79 Å². The van der Waals surface area contributed by atoms with Crippen LogP contribution < -0.4 is 4.52 Å². The second-order valence-electron chi connectivity index (χ2n) is 5.09. The highest BCUT2D eigenvalue weighted by Crippen LogP contribution is 2.55. The number of fused-ring (bicyclic) bond motifs is 1. The molecule has 1 aromatic carbocycles. The van der Waals surface area contributed by atoms with Crippen LogP contribution in [0.2, 0.25) is 0 Å². The van der Waals surface area contributed by atoms with Crippen LogP contribution in [-0.4, -0.2) is 34.1 Å². The van der Waals surface area contributed by atoms with E-state index in [1.165, 1.54) is 0 Å². The monoisotopic (exact) mass is 383 g/mol. The second-order valence-corrected chi connectivity index (χ2v) is 9.35. The predicted molar refractivity (Wildman–Crippen MR) is 86.5 cm³/mol. The van der Waals surface area contributed by atoms with Crippen molar-refractivity contribution in [3.05, 3.63) is 30.3 Å². The number of alkyl halides is 3. The van der Waals surface area contributed by atoms with Gasteiger partial charge in [-0.2, -0.15) is 0 Å². The number of para-hydroxylation sites is 1. The minimum absolute atomic E-state index is 0.00360. The third kappa shape index (κ3) is 3.39. The summed E-state index contributed by atoms with van der Waals surface area (Å²) in [5.41, 5.74) is 0. The molecule has 0 saturated carbocycles. The van der Waals surface area contributed by atoms with Crippen LogP contribution in [0, 0.1) is 0 Å². The van der Waals surface area contributed by atoms with Crippen LogP contribution >= 0.6 is 42.4 Å². The molecule has 3 rings (SSSR count). The zero-order valence-corrected chi connectivity index (χ0v) is 14.6. The molecule has 0 spiro atoms. The number of benzene rings is 1. The molecule has 9 heteroatoms. The summed E-state index contributed by atoms with van der Waals surface area (Å²) < 4.78 is 27.7. The molecule has 22 heavy (non-hydrogen) atoms. The number of nitrogens with zero attached hydrogens (tertiary/aromatic N) is 1. The first kappa shape index (κ1) is 16.4. The zero-order valence-electron chi connectivity index (χ0n) is 11.5. The highest BCUT2D eigenvalue weighted by atomic mass is 35.6. The van der Waals surface area contributed by atoms with Crippen LogP contribution in [-0.2, 0) is 13.8 Å². The van der Waals surface area contributed by atoms with Gasteiger partial charge in [-0.05, 0) is 19.1 Å². The Morgan fingerprint density at radius 1 is 1.32 bits per heavy atom. The molecule has 2 heterocycles. The Bertz CT molecular complexity index is 634. The molecule has 2 aliphatic rings. The second kappa shape index (κ2) is 5.88. The molecule has 0 radical (unpaired) electrons. The van der Waals surface area contributed by atoms with Gasteiger partial charge in [-0.25, -0.2) is 9.56 Å². The van der Waals surface area contributed by atoms with Gasteiger partial charge in [0.15, 0.2) is 0 Å². The molecule has 1 fully saturated rings. The lowest BCUT2D eigenvalue weighted by atomic mass is 10.1. The summed E-state index contributed by atoms with van der Waals surface area (Å²) in [4.78, 5) is 4.24. The van der Waals surface area contributed by atoms with Crippen LogP contribution in [0.15, 0.2) is 35.3 Å². The summed E-state index contributed by atoms with van der Waals surface area (Å²) in [5.74, 6) is 0.470. The first-order valence-electron chi connectivity index (χ1n) is 6.61. The lowest BCUT2D eigenvalue weighted by Crippen LogP contribution is -2.42. The Labute approximate surface area is 143 Å². The van der Waals surface area contributed by atoms with E-state index in [0.29, 0.717) is 5.75 Å². The molecule has 4 atom stereocenters. The van der Waals surface area contributed by atoms with Gasteiger partial charge in [0.05, 0.1) is 6.16 Å². The number of rotatable bonds is 2. The van der Waals surface area contributed by atoms with Crippen molar-refractivity contribution in [3.63, 3.8) is 0 Å². The summed E-state index contributed by atoms with van der Waals surface area (Å²) in [6.45, 7) is 1.73. The van der Waals surface area contributed by atoms with Gasteiger partial charge < -0.3 is 9.26 Å². The standard InChI is InChI=1S/C13H13Cl3NO4P/c1-8-11-10(17-12(19-11)13(14,15)16)7-22(18,20-8)21-9-5-3-2-4-6-9/h2-6,8,10-11H,7H2,1H3/t8-,10+,11-,22+/m1/s1. The Hall–Kier alpha value is -0.450. The molecule has 0 aromatic heterocycles. The fourth-order valence-corrected chi connectivity index (χ4v) is 4.74. The molecule has 0 aliphatic carbocycles. The van der Waals surface area contributed by atoms with Crippen LogP contribution in [0.25, 0.3) is 0 Å². The molecule has 1 saturated heterocycles. The third-order valence-corrected chi connectivity index (χ3v) is 5.79. The molecule has 5 nitrogen and oxygen atoms in total. The van der Waals surface area contributed by atoms with E-state index in [2.05, 4.69) is 4.99 Å². The normalized spacial score (nSPS) is 34.5. The number of hydrogen-bond donors (Lipinski definition) is 0. The van der Waals surface area contributed by atoms with Crippen molar-refractivity contribution in [2.24, 2.45) is 4.99 Å². The Kier molecular flexibility index (Phi) is 4.39. The zero-order chi connectivity index (χ0) is 16.0. The summed E-state index contributed by atoms with van der Waals surface area (Å²) in [6, 6.07) is 8.40. The van der Waals surface area contributed by atoms with Gasteiger partial charge in [-0.15, -0.1) is 0 Å². The summed E-state index contributed by atoms with van der Waals surface area (Å²) >= 11 is 17.4. The first-order valence-corrected chi connectivity index (χ1v) is 9.47. The summed E-state index contributed by atoms with van der Waals surface area (Å²) in [7, 11) is -3.36. The Balaban J connectivity index is 1.80. The Morgan fingerprint density at radius 2 is 2.00 bits per heavy atom. The van der Waals surface area contributed by atoms with Gasteiger partial charge in [0.1, 0.15) is 24.0 Å². The maximum atomic E-state index is 12.8. The van der Waals surface area contributed by atoms with E-state index in [1.54, 1.807) is 31.2 Å². The topological polar surface area (TPSA) is 57.1 Å². The van der Waals surface area contributed by atoms with Crippen molar-refractivity contribution in [1.29, 1.82) is 0 Å². The van der Waals surface area contributed by atoms with E-state index in [9.17, 15) is 4.57 Å². The van der Waals surface area contributed by atoms with Crippen molar-refractivity contribution in [1.82, 2.24) is 0 Å². The molecule has 0 N–H and O–H groups in total. The van der Waals surface area contributed by atoms with E-state index in [4.69, 9.17) is 48.6 Å². The largest absolute Gasteiger partial charge is 0.469 e. The van der Waals surface area contributed by atoms with Crippen LogP contribution in [0.1, 0.15) is 6.92 Å². The van der Waals surface area contributed by atoms with Crippen molar-refractivity contribution in [2.45, 2.75) is 29.0 Å². The van der Waals surface area contributed by atoms with E-state index in [-0.39, 0.29) is 12.1 Å². The van der Waals surface area contributed by atoms with E-state index in [1.807, 2.05) is 6.07 Å². The van der Waals surface area contributed by atoms with Crippen molar-refractivity contribution >= 4 is 48.3 Å². The fraction of sp³-hybridized carbons (Fsp3) is 0.462. The van der Waals surface area contributed by atoms with Crippen molar-refractivity contribution < 1.29 is 18.3 Å². The van der Waals surface area contributed by atoms with Crippen molar-refractivity contribution in [3.8, 4) is 5.75 Å². The number of hydrogen-bond acceptors (Lipinski definition) is 5. The van der Waals surface area contributed by atoms with Crippen LogP contribution in [0.3, 0.4) is 0 Å². The minimum Gasteiger partial charge on any atom is -0.469 e. The van der Waals surface area contributed by atoms with Crippen LogP contribution in [0.5, 0.6) is 5.75 Å². The summed E-state index contributed by atoms with van der Waals surface area (Å²) in [5, 5.41) is 0. The minimum atomic E-state index is -3.36. The van der Waals surface area contributed by atoms with Crippen molar-refractivity contribution in [2.75, 3.05) is 6.16 Å². The van der Waals surface area contributed by atoms with E-state index < -0.39 is 29.6 Å². The number of halogens is 3. The third-order valence-electron chi connectivity index (χ3n) is 3.34. The molecular formula is C13H13Cl3NO4P. The molecule has 0 amide bonds. The maximum absolute atomic E-state index is 12.8. The predicted octanol–water partition coefficient (Wildman–Crippen LogP) is 4.21. The quantitative estimate of drug-likeness (QED) is 0.566. The van der Waals surface area contributed by atoms with E-state index in [0.717, 1.165) is 0 Å². The lowest BCUT2D eigenvalue weighted by molar-refractivity contribution is 0.0368.